The van der Waals surface area contributed by atoms with Crippen LogP contribution in [-0.4, -0.2) is 11.1 Å². The Morgan fingerprint density at radius 1 is 1.28 bits per heavy atom. The smallest absolute Gasteiger partial charge is 0.419 e. The standard InChI is InChI=1S/C12H12F4O2/c1-11(2,6-10(17)18)7-3-4-8(9(13)5-7)12(14,15)16/h3-5H,6H2,1-2H3,(H,17,18). The second-order valence-corrected chi connectivity index (χ2v) is 4.65. The Kier molecular flexibility index (Phi) is 3.69. The van der Waals surface area contributed by atoms with Gasteiger partial charge in [-0.2, -0.15) is 13.2 Å². The van der Waals surface area contributed by atoms with Gasteiger partial charge in [-0.15, -0.1) is 0 Å². The number of aliphatic carboxylic acids is 1. The SMILES string of the molecule is CC(C)(CC(=O)O)c1ccc(C(F)(F)F)c(F)c1. The molecule has 1 rings (SSSR count). The topological polar surface area (TPSA) is 37.3 Å². The highest BCUT2D eigenvalue weighted by atomic mass is 19.4. The fraction of sp³-hybridized carbons (Fsp3) is 0.417. The number of benzene rings is 1. The minimum Gasteiger partial charge on any atom is -0.481 e. The Labute approximate surface area is 101 Å². The Bertz CT molecular complexity index is 464. The number of rotatable bonds is 3. The van der Waals surface area contributed by atoms with Gasteiger partial charge >= 0.3 is 12.1 Å². The molecule has 18 heavy (non-hydrogen) atoms. The lowest BCUT2D eigenvalue weighted by atomic mass is 9.81. The minimum atomic E-state index is -4.75. The molecule has 0 heterocycles. The molecule has 0 saturated carbocycles. The predicted molar refractivity (Wildman–Crippen MR) is 56.7 cm³/mol. The maximum absolute atomic E-state index is 13.3. The van der Waals surface area contributed by atoms with Gasteiger partial charge in [0.1, 0.15) is 5.82 Å². The van der Waals surface area contributed by atoms with E-state index in [9.17, 15) is 22.4 Å². The number of halogens is 4. The molecular weight excluding hydrogens is 252 g/mol. The summed E-state index contributed by atoms with van der Waals surface area (Å²) in [7, 11) is 0. The maximum Gasteiger partial charge on any atom is 0.419 e. The van der Waals surface area contributed by atoms with Crippen molar-refractivity contribution in [1.82, 2.24) is 0 Å². The van der Waals surface area contributed by atoms with Crippen LogP contribution in [0.4, 0.5) is 17.6 Å². The summed E-state index contributed by atoms with van der Waals surface area (Å²) in [6.07, 6.45) is -5.04. The van der Waals surface area contributed by atoms with Gasteiger partial charge in [0.25, 0.3) is 0 Å². The molecule has 1 aromatic rings. The van der Waals surface area contributed by atoms with E-state index in [0.717, 1.165) is 12.1 Å². The Balaban J connectivity index is 3.15. The summed E-state index contributed by atoms with van der Waals surface area (Å²) in [5.41, 5.74) is -2.07. The van der Waals surface area contributed by atoms with Crippen LogP contribution in [0.15, 0.2) is 18.2 Å². The van der Waals surface area contributed by atoms with Crippen molar-refractivity contribution in [3.63, 3.8) is 0 Å². The van der Waals surface area contributed by atoms with E-state index in [1.807, 2.05) is 0 Å². The fourth-order valence-electron chi connectivity index (χ4n) is 1.65. The first-order chi connectivity index (χ1) is 8.04. The van der Waals surface area contributed by atoms with Gasteiger partial charge in [0.15, 0.2) is 0 Å². The molecule has 100 valence electrons. The molecule has 0 spiro atoms. The van der Waals surface area contributed by atoms with Crippen molar-refractivity contribution >= 4 is 5.97 Å². The summed E-state index contributed by atoms with van der Waals surface area (Å²) in [5.74, 6) is -2.49. The van der Waals surface area contributed by atoms with E-state index >= 15 is 0 Å². The monoisotopic (exact) mass is 264 g/mol. The molecular formula is C12H12F4O2. The summed E-state index contributed by atoms with van der Waals surface area (Å²) >= 11 is 0. The minimum absolute atomic E-state index is 0.218. The second kappa shape index (κ2) is 4.59. The molecule has 0 aliphatic rings. The highest BCUT2D eigenvalue weighted by Crippen LogP contribution is 2.34. The van der Waals surface area contributed by atoms with Crippen molar-refractivity contribution < 1.29 is 27.5 Å². The van der Waals surface area contributed by atoms with Crippen LogP contribution < -0.4 is 0 Å². The first-order valence-corrected chi connectivity index (χ1v) is 5.13. The third-order valence-corrected chi connectivity index (χ3v) is 2.65. The molecule has 0 unspecified atom stereocenters. The quantitative estimate of drug-likeness (QED) is 0.847. The van der Waals surface area contributed by atoms with Gasteiger partial charge in [-0.3, -0.25) is 4.79 Å². The predicted octanol–water partition coefficient (Wildman–Crippen LogP) is 3.60. The van der Waals surface area contributed by atoms with Crippen LogP contribution in [0.25, 0.3) is 0 Å². The summed E-state index contributed by atoms with van der Waals surface area (Å²) in [5, 5.41) is 8.69. The lowest BCUT2D eigenvalue weighted by Crippen LogP contribution is -2.22. The average Bonchev–Trinajstić information content (AvgIpc) is 2.13. The summed E-state index contributed by atoms with van der Waals surface area (Å²) in [4.78, 5) is 10.6. The molecule has 0 fully saturated rings. The Morgan fingerprint density at radius 3 is 2.22 bits per heavy atom. The van der Waals surface area contributed by atoms with Crippen LogP contribution in [-0.2, 0) is 16.4 Å². The molecule has 0 saturated heterocycles. The van der Waals surface area contributed by atoms with Crippen molar-refractivity contribution in [1.29, 1.82) is 0 Å². The zero-order valence-electron chi connectivity index (χ0n) is 9.81. The summed E-state index contributed by atoms with van der Waals surface area (Å²) < 4.78 is 50.4. The highest BCUT2D eigenvalue weighted by molar-refractivity contribution is 5.68. The molecule has 0 amide bonds. The van der Waals surface area contributed by atoms with Crippen LogP contribution in [0.5, 0.6) is 0 Å². The third-order valence-electron chi connectivity index (χ3n) is 2.65. The fourth-order valence-corrected chi connectivity index (χ4v) is 1.65. The average molecular weight is 264 g/mol. The van der Waals surface area contributed by atoms with Crippen molar-refractivity contribution in [3.05, 3.63) is 35.1 Å². The van der Waals surface area contributed by atoms with E-state index < -0.39 is 28.9 Å². The van der Waals surface area contributed by atoms with Crippen molar-refractivity contribution in [3.8, 4) is 0 Å². The van der Waals surface area contributed by atoms with E-state index in [1.165, 1.54) is 13.8 Å². The van der Waals surface area contributed by atoms with Crippen LogP contribution in [0.3, 0.4) is 0 Å². The van der Waals surface area contributed by atoms with Crippen molar-refractivity contribution in [2.24, 2.45) is 0 Å². The van der Waals surface area contributed by atoms with Gasteiger partial charge < -0.3 is 5.11 Å². The largest absolute Gasteiger partial charge is 0.481 e. The van der Waals surface area contributed by atoms with Crippen LogP contribution in [0.2, 0.25) is 0 Å². The second-order valence-electron chi connectivity index (χ2n) is 4.65. The van der Waals surface area contributed by atoms with Crippen molar-refractivity contribution in [2.75, 3.05) is 0 Å². The zero-order valence-corrected chi connectivity index (χ0v) is 9.81. The number of carbonyl (C=O) groups is 1. The molecule has 1 aromatic carbocycles. The molecule has 0 radical (unpaired) electrons. The van der Waals surface area contributed by atoms with Crippen LogP contribution >= 0.6 is 0 Å². The van der Waals surface area contributed by atoms with Gasteiger partial charge in [-0.05, 0) is 17.7 Å². The molecule has 2 nitrogen and oxygen atoms in total. The molecule has 6 heteroatoms. The third kappa shape index (κ3) is 3.21. The Hall–Kier alpha value is -1.59. The van der Waals surface area contributed by atoms with Crippen molar-refractivity contribution in [2.45, 2.75) is 31.9 Å². The highest BCUT2D eigenvalue weighted by Gasteiger charge is 2.35. The molecule has 0 aliphatic heterocycles. The molecule has 0 aromatic heterocycles. The molecule has 1 N–H and O–H groups in total. The van der Waals surface area contributed by atoms with E-state index in [-0.39, 0.29) is 12.0 Å². The lowest BCUT2D eigenvalue weighted by Gasteiger charge is -2.23. The number of hydrogen-bond acceptors (Lipinski definition) is 1. The first-order valence-electron chi connectivity index (χ1n) is 5.13. The molecule has 0 aliphatic carbocycles. The van der Waals surface area contributed by atoms with Gasteiger partial charge in [0.05, 0.1) is 12.0 Å². The first kappa shape index (κ1) is 14.5. The maximum atomic E-state index is 13.3. The normalized spacial score (nSPS) is 12.6. The number of alkyl halides is 3. The van der Waals surface area contributed by atoms with E-state index in [4.69, 9.17) is 5.11 Å². The Morgan fingerprint density at radius 2 is 1.83 bits per heavy atom. The number of hydrogen-bond donors (Lipinski definition) is 1. The van der Waals surface area contributed by atoms with Crippen LogP contribution in [0.1, 0.15) is 31.4 Å². The lowest BCUT2D eigenvalue weighted by molar-refractivity contribution is -0.140. The number of carboxylic acid groups (broad SMARTS) is 1. The van der Waals surface area contributed by atoms with Crippen LogP contribution in [0, 0.1) is 5.82 Å². The summed E-state index contributed by atoms with van der Waals surface area (Å²) in [6.45, 7) is 3.06. The van der Waals surface area contributed by atoms with Gasteiger partial charge in [0.2, 0.25) is 0 Å². The molecule has 0 bridgehead atoms. The van der Waals surface area contributed by atoms with Gasteiger partial charge in [-0.25, -0.2) is 4.39 Å². The van der Waals surface area contributed by atoms with Gasteiger partial charge in [-0.1, -0.05) is 19.9 Å². The van der Waals surface area contributed by atoms with E-state index in [2.05, 4.69) is 0 Å². The van der Waals surface area contributed by atoms with E-state index in [0.29, 0.717) is 6.07 Å². The zero-order chi connectivity index (χ0) is 14.1. The summed E-state index contributed by atoms with van der Waals surface area (Å²) in [6, 6.07) is 2.48. The number of carboxylic acids is 1. The molecule has 0 atom stereocenters. The van der Waals surface area contributed by atoms with E-state index in [1.54, 1.807) is 0 Å². The van der Waals surface area contributed by atoms with Gasteiger partial charge in [0, 0.05) is 5.41 Å².